The third-order valence-corrected chi connectivity index (χ3v) is 5.15. The highest BCUT2D eigenvalue weighted by Gasteiger charge is 2.06. The van der Waals surface area contributed by atoms with E-state index >= 15 is 0 Å². The highest BCUT2D eigenvalue weighted by Crippen LogP contribution is 2.16. The van der Waals surface area contributed by atoms with Crippen molar-refractivity contribution in [2.75, 3.05) is 24.5 Å². The number of hydrogen-bond acceptors (Lipinski definition) is 5. The molecule has 2 aromatic heterocycles. The maximum absolute atomic E-state index is 4.68. The third-order valence-electron chi connectivity index (χ3n) is 4.08. The SMILES string of the molecule is CCNC(=NCc1ccc(N(CC)CC)nc1)NCc1sc(C)nc1C.I. The first-order valence-corrected chi connectivity index (χ1v) is 10.0. The zero-order chi connectivity index (χ0) is 18.9. The summed E-state index contributed by atoms with van der Waals surface area (Å²) in [6.07, 6.45) is 1.91. The molecule has 0 aromatic carbocycles. The normalized spacial score (nSPS) is 11.1. The van der Waals surface area contributed by atoms with E-state index in [1.807, 2.05) is 20.0 Å². The summed E-state index contributed by atoms with van der Waals surface area (Å²) >= 11 is 1.73. The average Bonchev–Trinajstić information content (AvgIpc) is 2.97. The Bertz CT molecular complexity index is 709. The summed E-state index contributed by atoms with van der Waals surface area (Å²) in [5, 5.41) is 7.78. The number of anilines is 1. The maximum Gasteiger partial charge on any atom is 0.191 e. The fourth-order valence-corrected chi connectivity index (χ4v) is 3.54. The van der Waals surface area contributed by atoms with Crippen LogP contribution in [0, 0.1) is 13.8 Å². The minimum absolute atomic E-state index is 0. The molecule has 150 valence electrons. The van der Waals surface area contributed by atoms with Crippen molar-refractivity contribution in [2.24, 2.45) is 4.99 Å². The van der Waals surface area contributed by atoms with Crippen LogP contribution in [0.5, 0.6) is 0 Å². The number of nitrogens with zero attached hydrogens (tertiary/aromatic N) is 4. The summed E-state index contributed by atoms with van der Waals surface area (Å²) in [4.78, 5) is 17.2. The monoisotopic (exact) mass is 502 g/mol. The Labute approximate surface area is 183 Å². The van der Waals surface area contributed by atoms with Crippen molar-refractivity contribution < 1.29 is 0 Å². The molecular weight excluding hydrogens is 471 g/mol. The molecule has 6 nitrogen and oxygen atoms in total. The smallest absolute Gasteiger partial charge is 0.191 e. The second-order valence-corrected chi connectivity index (χ2v) is 7.27. The van der Waals surface area contributed by atoms with Crippen molar-refractivity contribution >= 4 is 47.1 Å². The van der Waals surface area contributed by atoms with Crippen molar-refractivity contribution in [3.05, 3.63) is 39.5 Å². The van der Waals surface area contributed by atoms with Crippen molar-refractivity contribution in [3.8, 4) is 0 Å². The lowest BCUT2D eigenvalue weighted by atomic mass is 10.3. The largest absolute Gasteiger partial charge is 0.357 e. The van der Waals surface area contributed by atoms with Gasteiger partial charge in [0.05, 0.1) is 23.8 Å². The van der Waals surface area contributed by atoms with E-state index in [1.165, 1.54) is 4.88 Å². The van der Waals surface area contributed by atoms with E-state index in [9.17, 15) is 0 Å². The van der Waals surface area contributed by atoms with Gasteiger partial charge in [0.2, 0.25) is 0 Å². The van der Waals surface area contributed by atoms with Gasteiger partial charge in [-0.05, 0) is 46.2 Å². The molecule has 0 amide bonds. The van der Waals surface area contributed by atoms with Gasteiger partial charge in [-0.15, -0.1) is 35.3 Å². The summed E-state index contributed by atoms with van der Waals surface area (Å²) < 4.78 is 0. The van der Waals surface area contributed by atoms with Crippen LogP contribution in [0.2, 0.25) is 0 Å². The molecule has 0 aliphatic carbocycles. The molecule has 2 N–H and O–H groups in total. The number of aryl methyl sites for hydroxylation is 2. The highest BCUT2D eigenvalue weighted by molar-refractivity contribution is 14.0. The zero-order valence-electron chi connectivity index (χ0n) is 16.9. The second kappa shape index (κ2) is 12.1. The van der Waals surface area contributed by atoms with Crippen LogP contribution in [0.4, 0.5) is 5.82 Å². The summed E-state index contributed by atoms with van der Waals surface area (Å²) in [7, 11) is 0. The van der Waals surface area contributed by atoms with Crippen LogP contribution in [0.25, 0.3) is 0 Å². The van der Waals surface area contributed by atoms with Crippen LogP contribution in [-0.4, -0.2) is 35.6 Å². The number of aromatic nitrogens is 2. The van der Waals surface area contributed by atoms with Gasteiger partial charge in [-0.3, -0.25) is 0 Å². The van der Waals surface area contributed by atoms with Crippen LogP contribution in [0.15, 0.2) is 23.3 Å². The summed E-state index contributed by atoms with van der Waals surface area (Å²) in [5.74, 6) is 1.83. The molecular formula is C19H31IN6S. The summed E-state index contributed by atoms with van der Waals surface area (Å²) in [5.41, 5.74) is 2.19. The van der Waals surface area contributed by atoms with Gasteiger partial charge < -0.3 is 15.5 Å². The maximum atomic E-state index is 4.68. The van der Waals surface area contributed by atoms with E-state index in [2.05, 4.69) is 63.4 Å². The molecule has 0 saturated carbocycles. The predicted molar refractivity (Wildman–Crippen MR) is 126 cm³/mol. The number of thiazole rings is 1. The molecule has 8 heteroatoms. The number of nitrogens with one attached hydrogen (secondary N) is 2. The molecule has 2 rings (SSSR count). The molecule has 0 saturated heterocycles. The van der Waals surface area contributed by atoms with Gasteiger partial charge in [0.25, 0.3) is 0 Å². The molecule has 0 unspecified atom stereocenters. The molecule has 0 aliphatic heterocycles. The van der Waals surface area contributed by atoms with Gasteiger partial charge >= 0.3 is 0 Å². The van der Waals surface area contributed by atoms with Crippen LogP contribution in [-0.2, 0) is 13.1 Å². The Morgan fingerprint density at radius 1 is 1.15 bits per heavy atom. The molecule has 0 radical (unpaired) electrons. The number of hydrogen-bond donors (Lipinski definition) is 2. The summed E-state index contributed by atoms with van der Waals surface area (Å²) in [6, 6.07) is 4.17. The fourth-order valence-electron chi connectivity index (χ4n) is 2.66. The molecule has 2 aromatic rings. The van der Waals surface area contributed by atoms with Crippen molar-refractivity contribution in [1.29, 1.82) is 0 Å². The van der Waals surface area contributed by atoms with Crippen LogP contribution in [0.3, 0.4) is 0 Å². The standard InChI is InChI=1S/C19H30N6S.HI/c1-6-20-19(23-13-17-14(4)24-15(5)26-17)22-12-16-9-10-18(21-11-16)25(7-2)8-3;/h9-11H,6-8,12-13H2,1-5H3,(H2,20,22,23);1H. The van der Waals surface area contributed by atoms with Crippen molar-refractivity contribution in [1.82, 2.24) is 20.6 Å². The lowest BCUT2D eigenvalue weighted by Crippen LogP contribution is -2.36. The van der Waals surface area contributed by atoms with E-state index < -0.39 is 0 Å². The van der Waals surface area contributed by atoms with Gasteiger partial charge in [-0.2, -0.15) is 0 Å². The first-order chi connectivity index (χ1) is 12.6. The number of halogens is 1. The second-order valence-electron chi connectivity index (χ2n) is 5.99. The fraction of sp³-hybridized carbons (Fsp3) is 0.526. The predicted octanol–water partition coefficient (Wildman–Crippen LogP) is 3.87. The average molecular weight is 502 g/mol. The quantitative estimate of drug-likeness (QED) is 0.326. The highest BCUT2D eigenvalue weighted by atomic mass is 127. The van der Waals surface area contributed by atoms with Gasteiger partial charge in [-0.1, -0.05) is 6.07 Å². The first kappa shape index (κ1) is 23.6. The van der Waals surface area contributed by atoms with Crippen LogP contribution in [0.1, 0.15) is 41.9 Å². The van der Waals surface area contributed by atoms with Crippen LogP contribution < -0.4 is 15.5 Å². The van der Waals surface area contributed by atoms with Gasteiger partial charge in [-0.25, -0.2) is 15.0 Å². The van der Waals surface area contributed by atoms with Gasteiger partial charge in [0.1, 0.15) is 5.82 Å². The number of rotatable bonds is 8. The minimum Gasteiger partial charge on any atom is -0.357 e. The van der Waals surface area contributed by atoms with Crippen molar-refractivity contribution in [2.45, 2.75) is 47.7 Å². The lowest BCUT2D eigenvalue weighted by Gasteiger charge is -2.19. The molecule has 0 spiro atoms. The molecule has 0 atom stereocenters. The minimum atomic E-state index is 0. The van der Waals surface area contributed by atoms with E-state index in [4.69, 9.17) is 0 Å². The third kappa shape index (κ3) is 7.25. The molecule has 0 aliphatic rings. The van der Waals surface area contributed by atoms with E-state index in [0.717, 1.165) is 54.2 Å². The number of guanidine groups is 1. The Hall–Kier alpha value is -1.42. The van der Waals surface area contributed by atoms with E-state index in [1.54, 1.807) is 11.3 Å². The number of aliphatic imine (C=N–C) groups is 1. The van der Waals surface area contributed by atoms with Crippen LogP contribution >= 0.6 is 35.3 Å². The van der Waals surface area contributed by atoms with Gasteiger partial charge in [0.15, 0.2) is 5.96 Å². The molecule has 0 bridgehead atoms. The Morgan fingerprint density at radius 3 is 2.41 bits per heavy atom. The van der Waals surface area contributed by atoms with E-state index in [0.29, 0.717) is 6.54 Å². The Morgan fingerprint density at radius 2 is 1.89 bits per heavy atom. The Kier molecular flexibility index (Phi) is 10.6. The zero-order valence-corrected chi connectivity index (χ0v) is 20.0. The molecule has 27 heavy (non-hydrogen) atoms. The van der Waals surface area contributed by atoms with Crippen molar-refractivity contribution in [3.63, 3.8) is 0 Å². The van der Waals surface area contributed by atoms with E-state index in [-0.39, 0.29) is 24.0 Å². The first-order valence-electron chi connectivity index (χ1n) is 9.22. The van der Waals surface area contributed by atoms with Gasteiger partial charge in [0, 0.05) is 30.7 Å². The molecule has 0 fully saturated rings. The topological polar surface area (TPSA) is 65.4 Å². The molecule has 2 heterocycles. The number of pyridine rings is 1. The lowest BCUT2D eigenvalue weighted by molar-refractivity contribution is 0.816. The summed E-state index contributed by atoms with van der Waals surface area (Å²) in [6.45, 7) is 14.5. The Balaban J connectivity index is 0.00000364.